The standard InChI is InChI=1S/C34H43ClN2O6/c1-36(32(39)23-42-31-20-30(41-2)26(22-38)19-29(31)35)15-7-9-24-8-6-10-27(18-24)43-33(40)34(13-4-3-5-14-34)28-21-37-16-11-25(28)12-17-37/h6,8,10,18-20,22,25,28H,3-5,7,9,11-17,21,23H2,1-2H3/t28-/m1/s1. The summed E-state index contributed by atoms with van der Waals surface area (Å²) >= 11 is 6.20. The van der Waals surface area contributed by atoms with Crippen molar-refractivity contribution < 1.29 is 28.6 Å². The minimum absolute atomic E-state index is 0.0352. The van der Waals surface area contributed by atoms with Crippen molar-refractivity contribution >= 4 is 29.8 Å². The molecule has 2 bridgehead atoms. The van der Waals surface area contributed by atoms with Gasteiger partial charge in [0.2, 0.25) is 0 Å². The minimum atomic E-state index is -0.366. The van der Waals surface area contributed by atoms with Crippen LogP contribution in [-0.4, -0.2) is 74.9 Å². The molecule has 1 saturated carbocycles. The topological polar surface area (TPSA) is 85.4 Å². The maximum atomic E-state index is 13.9. The Morgan fingerprint density at radius 1 is 1.09 bits per heavy atom. The second-order valence-electron chi connectivity index (χ2n) is 12.3. The fourth-order valence-electron chi connectivity index (χ4n) is 7.30. The summed E-state index contributed by atoms with van der Waals surface area (Å²) in [6.45, 7) is 3.72. The van der Waals surface area contributed by atoms with Crippen LogP contribution in [0.1, 0.15) is 67.3 Å². The van der Waals surface area contributed by atoms with Crippen LogP contribution >= 0.6 is 11.6 Å². The van der Waals surface area contributed by atoms with Gasteiger partial charge in [0.1, 0.15) is 17.2 Å². The molecule has 0 spiro atoms. The van der Waals surface area contributed by atoms with Crippen LogP contribution in [-0.2, 0) is 16.0 Å². The zero-order valence-corrected chi connectivity index (χ0v) is 26.1. The van der Waals surface area contributed by atoms with E-state index in [2.05, 4.69) is 4.90 Å². The van der Waals surface area contributed by atoms with Crippen LogP contribution in [0, 0.1) is 17.3 Å². The van der Waals surface area contributed by atoms with Crippen molar-refractivity contribution in [2.45, 2.75) is 57.8 Å². The maximum Gasteiger partial charge on any atom is 0.317 e. The van der Waals surface area contributed by atoms with E-state index in [0.29, 0.717) is 41.7 Å². The third-order valence-electron chi connectivity index (χ3n) is 9.77. The summed E-state index contributed by atoms with van der Waals surface area (Å²) in [5.74, 6) is 2.03. The van der Waals surface area contributed by atoms with Gasteiger partial charge in [0.05, 0.1) is 23.1 Å². The summed E-state index contributed by atoms with van der Waals surface area (Å²) in [7, 11) is 3.19. The van der Waals surface area contributed by atoms with Crippen LogP contribution in [0.2, 0.25) is 5.02 Å². The molecule has 0 aromatic heterocycles. The predicted molar refractivity (Wildman–Crippen MR) is 165 cm³/mol. The molecule has 1 amide bonds. The Bertz CT molecular complexity index is 1300. The number of hydrogen-bond acceptors (Lipinski definition) is 7. The summed E-state index contributed by atoms with van der Waals surface area (Å²) in [6.07, 6.45) is 9.82. The highest BCUT2D eigenvalue weighted by Crippen LogP contribution is 2.51. The fourth-order valence-corrected chi connectivity index (χ4v) is 7.52. The van der Waals surface area contributed by atoms with Gasteiger partial charge in [0, 0.05) is 26.2 Å². The number of aldehydes is 1. The van der Waals surface area contributed by atoms with Crippen molar-refractivity contribution in [2.24, 2.45) is 17.3 Å². The molecule has 4 aliphatic rings. The number of hydrogen-bond donors (Lipinski definition) is 0. The summed E-state index contributed by atoms with van der Waals surface area (Å²) in [5.41, 5.74) is 1.01. The van der Waals surface area contributed by atoms with Gasteiger partial charge in [0.15, 0.2) is 12.9 Å². The Labute approximate surface area is 259 Å². The molecular formula is C34H43ClN2O6. The molecule has 0 N–H and O–H groups in total. The Hall–Kier alpha value is -3.10. The quantitative estimate of drug-likeness (QED) is 0.170. The number of methoxy groups -OCH3 is 1. The van der Waals surface area contributed by atoms with Crippen molar-refractivity contribution in [3.05, 3.63) is 52.5 Å². The molecule has 232 valence electrons. The minimum Gasteiger partial charge on any atom is -0.496 e. The lowest BCUT2D eigenvalue weighted by Gasteiger charge is -2.53. The number of amides is 1. The largest absolute Gasteiger partial charge is 0.496 e. The third-order valence-corrected chi connectivity index (χ3v) is 10.1. The maximum absolute atomic E-state index is 13.9. The molecule has 0 radical (unpaired) electrons. The molecule has 1 aliphatic carbocycles. The molecule has 43 heavy (non-hydrogen) atoms. The lowest BCUT2D eigenvalue weighted by Crippen LogP contribution is -2.57. The van der Waals surface area contributed by atoms with E-state index in [1.165, 1.54) is 51.6 Å². The average molecular weight is 611 g/mol. The number of fused-ring (bicyclic) bond motifs is 3. The highest BCUT2D eigenvalue weighted by molar-refractivity contribution is 6.32. The van der Waals surface area contributed by atoms with Gasteiger partial charge in [-0.15, -0.1) is 0 Å². The van der Waals surface area contributed by atoms with E-state index < -0.39 is 0 Å². The van der Waals surface area contributed by atoms with Crippen molar-refractivity contribution in [1.82, 2.24) is 9.80 Å². The average Bonchev–Trinajstić information content (AvgIpc) is 3.04. The molecule has 1 atom stereocenters. The first-order valence-electron chi connectivity index (χ1n) is 15.6. The van der Waals surface area contributed by atoms with E-state index in [1.54, 1.807) is 11.9 Å². The third kappa shape index (κ3) is 7.18. The van der Waals surface area contributed by atoms with Crippen LogP contribution in [0.25, 0.3) is 0 Å². The summed E-state index contributed by atoms with van der Waals surface area (Å²) in [5, 5.41) is 0.233. The van der Waals surface area contributed by atoms with Gasteiger partial charge in [0.25, 0.3) is 5.91 Å². The lowest BCUT2D eigenvalue weighted by atomic mass is 9.58. The van der Waals surface area contributed by atoms with Gasteiger partial charge < -0.3 is 24.0 Å². The van der Waals surface area contributed by atoms with Crippen molar-refractivity contribution in [3.8, 4) is 17.2 Å². The number of aryl methyl sites for hydroxylation is 1. The molecule has 2 aromatic rings. The molecule has 6 rings (SSSR count). The van der Waals surface area contributed by atoms with E-state index in [9.17, 15) is 14.4 Å². The SMILES string of the molecule is COc1cc(OCC(=O)N(C)CCCc2cccc(OC(=O)C3([C@@H]4CN5CCC4CC5)CCCCC3)c2)c(Cl)cc1C=O. The predicted octanol–water partition coefficient (Wildman–Crippen LogP) is 5.83. The van der Waals surface area contributed by atoms with Gasteiger partial charge >= 0.3 is 5.97 Å². The Balaban J connectivity index is 1.13. The van der Waals surface area contributed by atoms with Crippen LogP contribution < -0.4 is 14.2 Å². The van der Waals surface area contributed by atoms with E-state index >= 15 is 0 Å². The van der Waals surface area contributed by atoms with E-state index in [1.807, 2.05) is 24.3 Å². The zero-order valence-electron chi connectivity index (χ0n) is 25.3. The Morgan fingerprint density at radius 3 is 2.53 bits per heavy atom. The fraction of sp³-hybridized carbons (Fsp3) is 0.559. The number of ether oxygens (including phenoxy) is 3. The molecule has 4 fully saturated rings. The number of rotatable bonds is 12. The first-order valence-corrected chi connectivity index (χ1v) is 15.9. The smallest absolute Gasteiger partial charge is 0.317 e. The second kappa shape index (κ2) is 14.1. The second-order valence-corrected chi connectivity index (χ2v) is 12.8. The van der Waals surface area contributed by atoms with Crippen LogP contribution in [0.5, 0.6) is 17.2 Å². The number of benzene rings is 2. The summed E-state index contributed by atoms with van der Waals surface area (Å²) in [4.78, 5) is 41.9. The van der Waals surface area contributed by atoms with E-state index in [-0.39, 0.29) is 34.7 Å². The van der Waals surface area contributed by atoms with E-state index in [0.717, 1.165) is 50.6 Å². The number of carbonyl (C=O) groups excluding carboxylic acids is 3. The molecule has 9 heteroatoms. The highest BCUT2D eigenvalue weighted by atomic mass is 35.5. The first kappa shape index (κ1) is 31.3. The van der Waals surface area contributed by atoms with Crippen LogP contribution in [0.3, 0.4) is 0 Å². The summed E-state index contributed by atoms with van der Waals surface area (Å²) < 4.78 is 17.0. The van der Waals surface area contributed by atoms with Gasteiger partial charge in [-0.3, -0.25) is 14.4 Å². The van der Waals surface area contributed by atoms with Crippen molar-refractivity contribution in [2.75, 3.05) is 46.9 Å². The molecule has 3 aliphatic heterocycles. The summed E-state index contributed by atoms with van der Waals surface area (Å²) in [6, 6.07) is 10.8. The highest BCUT2D eigenvalue weighted by Gasteiger charge is 2.53. The Morgan fingerprint density at radius 2 is 1.86 bits per heavy atom. The number of piperidine rings is 3. The lowest BCUT2D eigenvalue weighted by molar-refractivity contribution is -0.159. The zero-order chi connectivity index (χ0) is 30.4. The molecule has 3 saturated heterocycles. The van der Waals surface area contributed by atoms with E-state index in [4.69, 9.17) is 25.8 Å². The number of nitrogens with zero attached hydrogens (tertiary/aromatic N) is 2. The van der Waals surface area contributed by atoms with Gasteiger partial charge in [-0.1, -0.05) is 43.0 Å². The number of esters is 1. The first-order chi connectivity index (χ1) is 20.8. The number of halogens is 1. The monoisotopic (exact) mass is 610 g/mol. The molecule has 3 heterocycles. The van der Waals surface area contributed by atoms with Crippen LogP contribution in [0.4, 0.5) is 0 Å². The Kier molecular flexibility index (Phi) is 10.3. The van der Waals surface area contributed by atoms with Crippen LogP contribution in [0.15, 0.2) is 36.4 Å². The normalized spacial score (nSPS) is 22.4. The van der Waals surface area contributed by atoms with Gasteiger partial charge in [-0.25, -0.2) is 0 Å². The molecule has 2 aromatic carbocycles. The number of likely N-dealkylation sites (N-methyl/N-ethyl adjacent to an activating group) is 1. The molecular weight excluding hydrogens is 568 g/mol. The van der Waals surface area contributed by atoms with Gasteiger partial charge in [-0.05, 0) is 87.2 Å². The molecule has 8 nitrogen and oxygen atoms in total. The van der Waals surface area contributed by atoms with Crippen molar-refractivity contribution in [1.29, 1.82) is 0 Å². The van der Waals surface area contributed by atoms with Crippen molar-refractivity contribution in [3.63, 3.8) is 0 Å². The number of carbonyl (C=O) groups is 3. The molecule has 0 unspecified atom stereocenters. The van der Waals surface area contributed by atoms with Gasteiger partial charge in [-0.2, -0.15) is 0 Å².